The highest BCUT2D eigenvalue weighted by molar-refractivity contribution is 6.11. The molecule has 2 aromatic carbocycles. The van der Waals surface area contributed by atoms with E-state index in [9.17, 15) is 9.59 Å². The first-order valence-electron chi connectivity index (χ1n) is 15.1. The molecule has 0 saturated carbocycles. The van der Waals surface area contributed by atoms with Crippen molar-refractivity contribution in [2.45, 2.75) is 26.7 Å². The van der Waals surface area contributed by atoms with Crippen molar-refractivity contribution in [2.75, 3.05) is 49.3 Å². The maximum Gasteiger partial charge on any atom is 0.253 e. The maximum absolute atomic E-state index is 13.7. The molecule has 1 fully saturated rings. The first kappa shape index (κ1) is 31.1. The van der Waals surface area contributed by atoms with Gasteiger partial charge in [-0.05, 0) is 81.3 Å². The second-order valence-electron chi connectivity index (χ2n) is 10.9. The number of pyridine rings is 1. The quantitative estimate of drug-likeness (QED) is 0.307. The molecule has 230 valence electrons. The fourth-order valence-electron chi connectivity index (χ4n) is 6.10. The van der Waals surface area contributed by atoms with E-state index in [4.69, 9.17) is 14.6 Å². The van der Waals surface area contributed by atoms with Crippen LogP contribution in [0.15, 0.2) is 84.2 Å². The summed E-state index contributed by atoms with van der Waals surface area (Å²) >= 11 is 0. The van der Waals surface area contributed by atoms with Crippen molar-refractivity contribution >= 4 is 41.3 Å². The molecule has 2 aliphatic heterocycles. The predicted molar refractivity (Wildman–Crippen MR) is 174 cm³/mol. The summed E-state index contributed by atoms with van der Waals surface area (Å²) in [6.45, 7) is 7.76. The number of aromatic nitrogens is 1. The number of hydrazone groups is 1. The molecule has 44 heavy (non-hydrogen) atoms. The largest absolute Gasteiger partial charge is 0.490 e. The van der Waals surface area contributed by atoms with Crippen molar-refractivity contribution < 1.29 is 19.1 Å². The lowest BCUT2D eigenvalue weighted by Gasteiger charge is -2.37. The fourth-order valence-corrected chi connectivity index (χ4v) is 6.10. The van der Waals surface area contributed by atoms with E-state index in [1.807, 2.05) is 61.2 Å². The Kier molecular flexibility index (Phi) is 9.85. The normalized spacial score (nSPS) is 19.5. The molecule has 1 saturated heterocycles. The average Bonchev–Trinajstić information content (AvgIpc) is 3.06. The van der Waals surface area contributed by atoms with Gasteiger partial charge < -0.3 is 19.3 Å². The molecule has 1 aliphatic carbocycles. The number of hydrogen-bond acceptors (Lipinski definition) is 7. The van der Waals surface area contributed by atoms with E-state index in [1.165, 1.54) is 5.01 Å². The van der Waals surface area contributed by atoms with Gasteiger partial charge in [0.2, 0.25) is 0 Å². The highest BCUT2D eigenvalue weighted by atomic mass is 35.5. The third-order valence-corrected chi connectivity index (χ3v) is 8.31. The molecule has 0 radical (unpaired) electrons. The van der Waals surface area contributed by atoms with Gasteiger partial charge >= 0.3 is 0 Å². The molecular weight excluding hydrogens is 578 g/mol. The number of anilines is 2. The van der Waals surface area contributed by atoms with Crippen LogP contribution in [-0.4, -0.2) is 66.8 Å². The van der Waals surface area contributed by atoms with Gasteiger partial charge in [0.15, 0.2) is 11.5 Å². The first-order chi connectivity index (χ1) is 21.1. The minimum Gasteiger partial charge on any atom is -0.490 e. The third kappa shape index (κ3) is 6.28. The topological polar surface area (TPSA) is 87.6 Å². The van der Waals surface area contributed by atoms with Crippen molar-refractivity contribution in [3.8, 4) is 11.5 Å². The molecule has 3 aromatic rings. The molecule has 10 heteroatoms. The summed E-state index contributed by atoms with van der Waals surface area (Å²) in [5, 5.41) is 6.44. The number of rotatable bonds is 8. The van der Waals surface area contributed by atoms with Gasteiger partial charge in [-0.15, -0.1) is 12.4 Å². The average molecular weight is 616 g/mol. The lowest BCUT2D eigenvalue weighted by molar-refractivity contribution is -0.123. The Hall–Kier alpha value is -4.37. The number of ether oxygens (including phenoxy) is 2. The Morgan fingerprint density at radius 3 is 2.16 bits per heavy atom. The second-order valence-corrected chi connectivity index (χ2v) is 10.9. The van der Waals surface area contributed by atoms with E-state index < -0.39 is 0 Å². The number of carbonyl (C=O) groups is 2. The second kappa shape index (κ2) is 13.9. The molecule has 2 atom stereocenters. The highest BCUT2D eigenvalue weighted by Crippen LogP contribution is 2.38. The van der Waals surface area contributed by atoms with Gasteiger partial charge in [-0.2, -0.15) is 5.10 Å². The lowest BCUT2D eigenvalue weighted by Crippen LogP contribution is -2.48. The number of hydrogen-bond donors (Lipinski definition) is 0. The van der Waals surface area contributed by atoms with Crippen LogP contribution in [0, 0.1) is 11.8 Å². The summed E-state index contributed by atoms with van der Waals surface area (Å²) in [6, 6.07) is 17.1. The number of allylic oxidation sites excluding steroid dienone is 2. The van der Waals surface area contributed by atoms with Gasteiger partial charge in [0.25, 0.3) is 11.8 Å². The highest BCUT2D eigenvalue weighted by Gasteiger charge is 2.41. The Balaban J connectivity index is 0.00000384. The SMILES string of the molecule is CCOc1ccc(C2=NN(c3ccc(C(=O)N4CCN(c5ccncc5)CC4)cc3)C(=O)[C@@H]3CC=CC[C@H]23)cc1OCC.Cl. The number of amides is 2. The maximum atomic E-state index is 13.7. The standard InChI is InChI=1S/C34H37N5O4.ClH/c1-3-42-30-14-11-25(23-31(30)43-4-2)32-28-7-5-6-8-29(28)34(41)39(36-32)27-12-9-24(10-13-27)33(40)38-21-19-37(20-22-38)26-15-17-35-18-16-26;/h5-6,9-18,23,28-29H,3-4,7-8,19-22H2,1-2H3;1H/t28-,29+;/m0./s1. The zero-order chi connectivity index (χ0) is 29.8. The number of benzene rings is 2. The van der Waals surface area contributed by atoms with Gasteiger partial charge in [0, 0.05) is 61.3 Å². The molecule has 0 bridgehead atoms. The number of halogens is 1. The smallest absolute Gasteiger partial charge is 0.253 e. The summed E-state index contributed by atoms with van der Waals surface area (Å²) in [5.41, 5.74) is 4.12. The summed E-state index contributed by atoms with van der Waals surface area (Å²) < 4.78 is 11.7. The predicted octanol–water partition coefficient (Wildman–Crippen LogP) is 5.60. The molecule has 6 rings (SSSR count). The lowest BCUT2D eigenvalue weighted by atomic mass is 9.76. The summed E-state index contributed by atoms with van der Waals surface area (Å²) in [6.07, 6.45) is 9.21. The van der Waals surface area contributed by atoms with E-state index in [2.05, 4.69) is 22.0 Å². The van der Waals surface area contributed by atoms with Crippen molar-refractivity contribution in [1.82, 2.24) is 9.88 Å². The Morgan fingerprint density at radius 2 is 1.48 bits per heavy atom. The summed E-state index contributed by atoms with van der Waals surface area (Å²) in [7, 11) is 0. The van der Waals surface area contributed by atoms with Crippen molar-refractivity contribution in [3.63, 3.8) is 0 Å². The van der Waals surface area contributed by atoms with Gasteiger partial charge in [0.1, 0.15) is 0 Å². The van der Waals surface area contributed by atoms with Crippen molar-refractivity contribution in [1.29, 1.82) is 0 Å². The van der Waals surface area contributed by atoms with Crippen molar-refractivity contribution in [3.05, 3.63) is 90.3 Å². The Bertz CT molecular complexity index is 1520. The third-order valence-electron chi connectivity index (χ3n) is 8.31. The molecule has 0 unspecified atom stereocenters. The zero-order valence-corrected chi connectivity index (χ0v) is 25.9. The number of fused-ring (bicyclic) bond motifs is 1. The van der Waals surface area contributed by atoms with Gasteiger partial charge in [0.05, 0.1) is 30.5 Å². The van der Waals surface area contributed by atoms with E-state index in [0.717, 1.165) is 36.5 Å². The molecule has 1 aromatic heterocycles. The Labute approximate surface area is 264 Å². The van der Waals surface area contributed by atoms with Crippen LogP contribution in [0.2, 0.25) is 0 Å². The summed E-state index contributed by atoms with van der Waals surface area (Å²) in [4.78, 5) is 35.3. The van der Waals surface area contributed by atoms with E-state index in [1.54, 1.807) is 24.5 Å². The van der Waals surface area contributed by atoms with Crippen LogP contribution in [0.25, 0.3) is 0 Å². The van der Waals surface area contributed by atoms with Crippen LogP contribution < -0.4 is 19.4 Å². The van der Waals surface area contributed by atoms with Crippen LogP contribution in [-0.2, 0) is 4.79 Å². The van der Waals surface area contributed by atoms with Crippen LogP contribution in [0.4, 0.5) is 11.4 Å². The zero-order valence-electron chi connectivity index (χ0n) is 25.1. The number of nitrogens with zero attached hydrogens (tertiary/aromatic N) is 5. The molecule has 9 nitrogen and oxygen atoms in total. The molecular formula is C34H38ClN5O4. The van der Waals surface area contributed by atoms with Crippen LogP contribution >= 0.6 is 12.4 Å². The fraction of sp³-hybridized carbons (Fsp3) is 0.353. The van der Waals surface area contributed by atoms with E-state index >= 15 is 0 Å². The van der Waals surface area contributed by atoms with E-state index in [-0.39, 0.29) is 36.1 Å². The van der Waals surface area contributed by atoms with Crippen LogP contribution in [0.3, 0.4) is 0 Å². The molecule has 3 aliphatic rings. The first-order valence-corrected chi connectivity index (χ1v) is 15.1. The monoisotopic (exact) mass is 615 g/mol. The van der Waals surface area contributed by atoms with Crippen LogP contribution in [0.1, 0.15) is 42.6 Å². The van der Waals surface area contributed by atoms with Gasteiger partial charge in [-0.25, -0.2) is 5.01 Å². The van der Waals surface area contributed by atoms with Gasteiger partial charge in [-0.1, -0.05) is 12.2 Å². The summed E-state index contributed by atoms with van der Waals surface area (Å²) in [5.74, 6) is 1.09. The minimum absolute atomic E-state index is 0. The van der Waals surface area contributed by atoms with Gasteiger partial charge in [-0.3, -0.25) is 14.6 Å². The molecule has 0 N–H and O–H groups in total. The molecule has 3 heterocycles. The molecule has 0 spiro atoms. The van der Waals surface area contributed by atoms with E-state index in [0.29, 0.717) is 55.5 Å². The number of carbonyl (C=O) groups excluding carboxylic acids is 2. The van der Waals surface area contributed by atoms with Crippen LogP contribution in [0.5, 0.6) is 11.5 Å². The molecule has 2 amide bonds. The Morgan fingerprint density at radius 1 is 0.818 bits per heavy atom. The van der Waals surface area contributed by atoms with Crippen molar-refractivity contribution in [2.24, 2.45) is 16.9 Å². The number of piperazine rings is 1. The minimum atomic E-state index is -0.211.